The first kappa shape index (κ1) is 14.1. The average Bonchev–Trinajstić information content (AvgIpc) is 2.47. The van der Waals surface area contributed by atoms with Crippen LogP contribution in [0.1, 0.15) is 5.56 Å². The number of hydrogen-bond acceptors (Lipinski definition) is 3. The summed E-state index contributed by atoms with van der Waals surface area (Å²) in [5, 5.41) is 3.50. The van der Waals surface area contributed by atoms with E-state index < -0.39 is 16.2 Å². The standard InChI is InChI=1S/C15H13ClN2O2S/c16-12-7-8-13-14(10-12)21(19,20)18-15(17-13)9-6-11-4-2-1-3-5-11/h1-10,15,17-18H/b9-6+. The molecule has 1 atom stereocenters. The van der Waals surface area contributed by atoms with Gasteiger partial charge in [-0.15, -0.1) is 0 Å². The van der Waals surface area contributed by atoms with Crippen LogP contribution in [0, 0.1) is 0 Å². The second-order valence-corrected chi connectivity index (χ2v) is 6.77. The molecular formula is C15H13ClN2O2S. The van der Waals surface area contributed by atoms with Crippen LogP contribution in [-0.2, 0) is 10.0 Å². The highest BCUT2D eigenvalue weighted by molar-refractivity contribution is 7.89. The molecule has 1 heterocycles. The fourth-order valence-electron chi connectivity index (χ4n) is 2.12. The highest BCUT2D eigenvalue weighted by Crippen LogP contribution is 2.29. The maximum atomic E-state index is 12.2. The first-order valence-electron chi connectivity index (χ1n) is 6.36. The van der Waals surface area contributed by atoms with Crippen molar-refractivity contribution in [2.75, 3.05) is 5.32 Å². The van der Waals surface area contributed by atoms with Crippen LogP contribution in [0.3, 0.4) is 0 Å². The Bertz CT molecular complexity index is 789. The van der Waals surface area contributed by atoms with Crippen LogP contribution >= 0.6 is 11.6 Å². The van der Waals surface area contributed by atoms with Gasteiger partial charge in [-0.3, -0.25) is 0 Å². The van der Waals surface area contributed by atoms with Crippen molar-refractivity contribution in [2.24, 2.45) is 0 Å². The van der Waals surface area contributed by atoms with Crippen molar-refractivity contribution in [2.45, 2.75) is 11.1 Å². The maximum absolute atomic E-state index is 12.2. The van der Waals surface area contributed by atoms with Crippen LogP contribution in [0.2, 0.25) is 5.02 Å². The van der Waals surface area contributed by atoms with Crippen molar-refractivity contribution in [3.63, 3.8) is 0 Å². The van der Waals surface area contributed by atoms with Gasteiger partial charge < -0.3 is 5.32 Å². The smallest absolute Gasteiger partial charge is 0.244 e. The van der Waals surface area contributed by atoms with Crippen molar-refractivity contribution >= 4 is 33.4 Å². The van der Waals surface area contributed by atoms with Gasteiger partial charge in [0.1, 0.15) is 11.1 Å². The van der Waals surface area contributed by atoms with E-state index in [1.54, 1.807) is 18.2 Å². The lowest BCUT2D eigenvalue weighted by atomic mass is 10.2. The molecular weight excluding hydrogens is 308 g/mol. The normalized spacial score (nSPS) is 20.0. The number of hydrogen-bond donors (Lipinski definition) is 2. The summed E-state index contributed by atoms with van der Waals surface area (Å²) >= 11 is 5.85. The third-order valence-electron chi connectivity index (χ3n) is 3.11. The van der Waals surface area contributed by atoms with Crippen LogP contribution in [-0.4, -0.2) is 14.6 Å². The SMILES string of the molecule is O=S1(=O)NC(/C=C/c2ccccc2)Nc2ccc(Cl)cc21. The van der Waals surface area contributed by atoms with Gasteiger partial charge in [0.2, 0.25) is 10.0 Å². The molecule has 0 aromatic heterocycles. The van der Waals surface area contributed by atoms with Gasteiger partial charge in [-0.25, -0.2) is 8.42 Å². The minimum absolute atomic E-state index is 0.166. The Morgan fingerprint density at radius 1 is 1.10 bits per heavy atom. The van der Waals surface area contributed by atoms with Crippen LogP contribution in [0.25, 0.3) is 6.08 Å². The van der Waals surface area contributed by atoms with Gasteiger partial charge in [0.05, 0.1) is 5.69 Å². The van der Waals surface area contributed by atoms with E-state index in [1.807, 2.05) is 36.4 Å². The van der Waals surface area contributed by atoms with E-state index in [-0.39, 0.29) is 4.90 Å². The molecule has 2 N–H and O–H groups in total. The number of rotatable bonds is 2. The second-order valence-electron chi connectivity index (χ2n) is 4.65. The monoisotopic (exact) mass is 320 g/mol. The third-order valence-corrected chi connectivity index (χ3v) is 4.82. The molecule has 2 aromatic carbocycles. The Morgan fingerprint density at radius 3 is 2.62 bits per heavy atom. The molecule has 1 aliphatic rings. The van der Waals surface area contributed by atoms with E-state index in [2.05, 4.69) is 10.0 Å². The van der Waals surface area contributed by atoms with Gasteiger partial charge in [0, 0.05) is 5.02 Å². The van der Waals surface area contributed by atoms with Crippen molar-refractivity contribution in [1.82, 2.24) is 4.72 Å². The Kier molecular flexibility index (Phi) is 3.71. The van der Waals surface area contributed by atoms with Gasteiger partial charge in [-0.1, -0.05) is 48.0 Å². The number of sulfonamides is 1. The van der Waals surface area contributed by atoms with Gasteiger partial charge in [-0.05, 0) is 29.8 Å². The number of nitrogens with one attached hydrogen (secondary N) is 2. The lowest BCUT2D eigenvalue weighted by molar-refractivity contribution is 0.573. The van der Waals surface area contributed by atoms with E-state index in [0.717, 1.165) is 5.56 Å². The molecule has 21 heavy (non-hydrogen) atoms. The molecule has 2 aromatic rings. The Hall–Kier alpha value is -1.82. The fraction of sp³-hybridized carbons (Fsp3) is 0.0667. The third kappa shape index (κ3) is 3.10. The van der Waals surface area contributed by atoms with Crippen molar-refractivity contribution in [1.29, 1.82) is 0 Å². The Balaban J connectivity index is 1.89. The molecule has 108 valence electrons. The lowest BCUT2D eigenvalue weighted by Crippen LogP contribution is -2.43. The second kappa shape index (κ2) is 5.52. The fourth-order valence-corrected chi connectivity index (χ4v) is 3.66. The average molecular weight is 321 g/mol. The number of benzene rings is 2. The van der Waals surface area contributed by atoms with E-state index in [4.69, 9.17) is 11.6 Å². The van der Waals surface area contributed by atoms with E-state index in [0.29, 0.717) is 10.7 Å². The van der Waals surface area contributed by atoms with E-state index in [9.17, 15) is 8.42 Å². The molecule has 0 amide bonds. The molecule has 1 unspecified atom stereocenters. The van der Waals surface area contributed by atoms with Gasteiger partial charge in [0.25, 0.3) is 0 Å². The molecule has 0 fully saturated rings. The zero-order valence-corrected chi connectivity index (χ0v) is 12.5. The molecule has 0 saturated heterocycles. The van der Waals surface area contributed by atoms with Crippen molar-refractivity contribution in [3.05, 3.63) is 65.2 Å². The summed E-state index contributed by atoms with van der Waals surface area (Å²) < 4.78 is 27.0. The molecule has 1 aliphatic heterocycles. The van der Waals surface area contributed by atoms with Crippen molar-refractivity contribution in [3.8, 4) is 0 Å². The Morgan fingerprint density at radius 2 is 1.86 bits per heavy atom. The maximum Gasteiger partial charge on any atom is 0.244 e. The minimum atomic E-state index is -3.57. The molecule has 0 spiro atoms. The summed E-state index contributed by atoms with van der Waals surface area (Å²) in [7, 11) is -3.57. The molecule has 4 nitrogen and oxygen atoms in total. The molecule has 0 radical (unpaired) electrons. The molecule has 0 saturated carbocycles. The van der Waals surface area contributed by atoms with Crippen LogP contribution in [0.4, 0.5) is 5.69 Å². The number of halogens is 1. The molecule has 3 rings (SSSR count). The van der Waals surface area contributed by atoms with Crippen LogP contribution < -0.4 is 10.0 Å². The first-order valence-corrected chi connectivity index (χ1v) is 8.22. The largest absolute Gasteiger partial charge is 0.365 e. The van der Waals surface area contributed by atoms with Crippen LogP contribution in [0.15, 0.2) is 59.5 Å². The molecule has 6 heteroatoms. The summed E-state index contributed by atoms with van der Waals surface area (Å²) in [6, 6.07) is 14.4. The van der Waals surface area contributed by atoms with Crippen molar-refractivity contribution < 1.29 is 8.42 Å². The lowest BCUT2D eigenvalue weighted by Gasteiger charge is -2.26. The minimum Gasteiger partial charge on any atom is -0.365 e. The van der Waals surface area contributed by atoms with Gasteiger partial charge in [0.15, 0.2) is 0 Å². The topological polar surface area (TPSA) is 58.2 Å². The van der Waals surface area contributed by atoms with Crippen LogP contribution in [0.5, 0.6) is 0 Å². The number of anilines is 1. The molecule has 0 bridgehead atoms. The summed E-state index contributed by atoms with van der Waals surface area (Å²) in [6.45, 7) is 0. The molecule has 0 aliphatic carbocycles. The first-order chi connectivity index (χ1) is 10.0. The predicted molar refractivity (Wildman–Crippen MR) is 84.7 cm³/mol. The van der Waals surface area contributed by atoms with E-state index in [1.165, 1.54) is 6.07 Å². The predicted octanol–water partition coefficient (Wildman–Crippen LogP) is 3.08. The summed E-state index contributed by atoms with van der Waals surface area (Å²) in [5.74, 6) is 0. The number of fused-ring (bicyclic) bond motifs is 1. The summed E-state index contributed by atoms with van der Waals surface area (Å²) in [5.41, 5.74) is 1.54. The quantitative estimate of drug-likeness (QED) is 0.894. The highest BCUT2D eigenvalue weighted by atomic mass is 35.5. The zero-order valence-electron chi connectivity index (χ0n) is 11.0. The highest BCUT2D eigenvalue weighted by Gasteiger charge is 2.27. The summed E-state index contributed by atoms with van der Waals surface area (Å²) in [6.07, 6.45) is 3.13. The zero-order chi connectivity index (χ0) is 14.9. The van der Waals surface area contributed by atoms with Gasteiger partial charge in [-0.2, -0.15) is 4.72 Å². The van der Waals surface area contributed by atoms with Gasteiger partial charge >= 0.3 is 0 Å². The van der Waals surface area contributed by atoms with E-state index >= 15 is 0 Å². The Labute approximate surface area is 128 Å². The summed E-state index contributed by atoms with van der Waals surface area (Å²) in [4.78, 5) is 0.166.